The molecule has 4 heteroatoms. The van der Waals surface area contributed by atoms with Crippen molar-refractivity contribution in [3.05, 3.63) is 35.5 Å². The molecule has 2 unspecified atom stereocenters. The lowest BCUT2D eigenvalue weighted by atomic mass is 9.92. The molecule has 2 atom stereocenters. The standard InChI is InChI=1S/C21H27N3O/c1-14-10-15(2)12-24(11-14)13-20(25)23-21-16-6-3-4-8-18(16)22-19-9-5-7-17(19)21/h3-4,6,8,14-15H,5,7,9-13H2,1-2H3,(H,22,23,25). The minimum absolute atomic E-state index is 0.103. The van der Waals surface area contributed by atoms with Gasteiger partial charge in [0, 0.05) is 24.2 Å². The third-order valence-corrected chi connectivity index (χ3v) is 5.50. The first kappa shape index (κ1) is 16.5. The van der Waals surface area contributed by atoms with Crippen molar-refractivity contribution in [2.24, 2.45) is 11.8 Å². The minimum Gasteiger partial charge on any atom is -0.324 e. The number of rotatable bonds is 3. The smallest absolute Gasteiger partial charge is 0.238 e. The number of nitrogens with one attached hydrogen (secondary N) is 1. The van der Waals surface area contributed by atoms with E-state index in [0.29, 0.717) is 18.4 Å². The fourth-order valence-electron chi connectivity index (χ4n) is 4.66. The van der Waals surface area contributed by atoms with Gasteiger partial charge in [-0.1, -0.05) is 32.0 Å². The lowest BCUT2D eigenvalue weighted by Gasteiger charge is -2.34. The summed E-state index contributed by atoms with van der Waals surface area (Å²) in [7, 11) is 0. The van der Waals surface area contributed by atoms with Crippen LogP contribution in [-0.2, 0) is 17.6 Å². The first-order valence-corrected chi connectivity index (χ1v) is 9.53. The lowest BCUT2D eigenvalue weighted by molar-refractivity contribution is -0.117. The molecule has 2 aromatic rings. The second-order valence-corrected chi connectivity index (χ2v) is 7.97. The molecule has 1 N–H and O–H groups in total. The van der Waals surface area contributed by atoms with E-state index in [1.54, 1.807) is 0 Å². The van der Waals surface area contributed by atoms with Crippen LogP contribution < -0.4 is 5.32 Å². The fourth-order valence-corrected chi connectivity index (χ4v) is 4.66. The maximum atomic E-state index is 12.8. The van der Waals surface area contributed by atoms with Crippen LogP contribution in [0.15, 0.2) is 24.3 Å². The van der Waals surface area contributed by atoms with Crippen LogP contribution in [0.4, 0.5) is 5.69 Å². The Morgan fingerprint density at radius 1 is 1.20 bits per heavy atom. The van der Waals surface area contributed by atoms with Crippen molar-refractivity contribution < 1.29 is 4.79 Å². The Labute approximate surface area is 149 Å². The van der Waals surface area contributed by atoms with Crippen molar-refractivity contribution in [1.29, 1.82) is 0 Å². The van der Waals surface area contributed by atoms with E-state index < -0.39 is 0 Å². The maximum absolute atomic E-state index is 12.8. The Kier molecular flexibility index (Phi) is 4.46. The summed E-state index contributed by atoms with van der Waals surface area (Å²) in [6.45, 7) is 7.09. The Balaban J connectivity index is 1.57. The zero-order valence-corrected chi connectivity index (χ0v) is 15.2. The Hall–Kier alpha value is -1.94. The molecule has 4 nitrogen and oxygen atoms in total. The first-order chi connectivity index (χ1) is 12.1. The Bertz CT molecular complexity index is 791. The van der Waals surface area contributed by atoms with Crippen molar-refractivity contribution in [1.82, 2.24) is 9.88 Å². The number of piperidine rings is 1. The molecule has 4 rings (SSSR count). The summed E-state index contributed by atoms with van der Waals surface area (Å²) in [5.41, 5.74) is 4.39. The number of hydrogen-bond donors (Lipinski definition) is 1. The highest BCUT2D eigenvalue weighted by Gasteiger charge is 2.25. The number of nitrogens with zero attached hydrogens (tertiary/aromatic N) is 2. The van der Waals surface area contributed by atoms with E-state index in [1.165, 1.54) is 12.0 Å². The summed E-state index contributed by atoms with van der Waals surface area (Å²) >= 11 is 0. The molecule has 0 bridgehead atoms. The predicted molar refractivity (Wildman–Crippen MR) is 102 cm³/mol. The van der Waals surface area contributed by atoms with Gasteiger partial charge in [-0.2, -0.15) is 0 Å². The van der Waals surface area contributed by atoms with E-state index >= 15 is 0 Å². The van der Waals surface area contributed by atoms with Gasteiger partial charge >= 0.3 is 0 Å². The zero-order chi connectivity index (χ0) is 17.4. The number of amides is 1. The minimum atomic E-state index is 0.103. The molecule has 1 aliphatic carbocycles. The van der Waals surface area contributed by atoms with Crippen molar-refractivity contribution in [3.63, 3.8) is 0 Å². The zero-order valence-electron chi connectivity index (χ0n) is 15.2. The third-order valence-electron chi connectivity index (χ3n) is 5.50. The number of benzene rings is 1. The van der Waals surface area contributed by atoms with Crippen LogP contribution in [0.2, 0.25) is 0 Å². The highest BCUT2D eigenvalue weighted by molar-refractivity contribution is 6.03. The summed E-state index contributed by atoms with van der Waals surface area (Å²) < 4.78 is 0. The molecule has 1 aliphatic heterocycles. The molecule has 2 heterocycles. The van der Waals surface area contributed by atoms with E-state index in [0.717, 1.165) is 54.6 Å². The Morgan fingerprint density at radius 2 is 1.96 bits per heavy atom. The normalized spacial score (nSPS) is 23.6. The number of hydrogen-bond acceptors (Lipinski definition) is 3. The van der Waals surface area contributed by atoms with Gasteiger partial charge in [0.2, 0.25) is 5.91 Å². The van der Waals surface area contributed by atoms with Crippen LogP contribution >= 0.6 is 0 Å². The first-order valence-electron chi connectivity index (χ1n) is 9.53. The fraction of sp³-hybridized carbons (Fsp3) is 0.524. The predicted octanol–water partition coefficient (Wildman–Crippen LogP) is 3.64. The van der Waals surface area contributed by atoms with Crippen molar-refractivity contribution >= 4 is 22.5 Å². The van der Waals surface area contributed by atoms with Crippen molar-refractivity contribution in [3.8, 4) is 0 Å². The van der Waals surface area contributed by atoms with Gasteiger partial charge in [0.15, 0.2) is 0 Å². The quantitative estimate of drug-likeness (QED) is 0.930. The molecule has 132 valence electrons. The number of pyridine rings is 1. The highest BCUT2D eigenvalue weighted by atomic mass is 16.2. The molecule has 0 saturated carbocycles. The van der Waals surface area contributed by atoms with Gasteiger partial charge in [0.05, 0.1) is 17.7 Å². The summed E-state index contributed by atoms with van der Waals surface area (Å²) in [4.78, 5) is 19.9. The van der Waals surface area contributed by atoms with Gasteiger partial charge in [0.1, 0.15) is 0 Å². The van der Waals surface area contributed by atoms with Crippen LogP contribution in [0.1, 0.15) is 37.9 Å². The molecule has 0 spiro atoms. The van der Waals surface area contributed by atoms with Gasteiger partial charge in [0.25, 0.3) is 0 Å². The van der Waals surface area contributed by atoms with Crippen molar-refractivity contribution in [2.45, 2.75) is 39.5 Å². The van der Waals surface area contributed by atoms with Crippen LogP contribution in [0.5, 0.6) is 0 Å². The second kappa shape index (κ2) is 6.75. The van der Waals surface area contributed by atoms with Gasteiger partial charge in [-0.25, -0.2) is 0 Å². The summed E-state index contributed by atoms with van der Waals surface area (Å²) in [6.07, 6.45) is 4.42. The van der Waals surface area contributed by atoms with E-state index in [1.807, 2.05) is 18.2 Å². The van der Waals surface area contributed by atoms with Crippen LogP contribution in [0.3, 0.4) is 0 Å². The molecular weight excluding hydrogens is 310 g/mol. The van der Waals surface area contributed by atoms with E-state index in [2.05, 4.69) is 30.1 Å². The molecule has 0 radical (unpaired) electrons. The van der Waals surface area contributed by atoms with Gasteiger partial charge < -0.3 is 5.32 Å². The SMILES string of the molecule is CC1CC(C)CN(CC(=O)Nc2c3c(nc4ccccc24)CCC3)C1. The second-order valence-electron chi connectivity index (χ2n) is 7.97. The molecule has 1 saturated heterocycles. The van der Waals surface area contributed by atoms with Gasteiger partial charge in [-0.05, 0) is 49.1 Å². The molecule has 1 aromatic heterocycles. The number of fused-ring (bicyclic) bond motifs is 2. The monoisotopic (exact) mass is 337 g/mol. The van der Waals surface area contributed by atoms with E-state index in [9.17, 15) is 4.79 Å². The number of aryl methyl sites for hydroxylation is 1. The molecular formula is C21H27N3O. The number of aromatic nitrogens is 1. The number of anilines is 1. The number of para-hydroxylation sites is 1. The third kappa shape index (κ3) is 3.40. The van der Waals surface area contributed by atoms with Crippen LogP contribution in [0.25, 0.3) is 10.9 Å². The molecule has 1 amide bonds. The largest absolute Gasteiger partial charge is 0.324 e. The molecule has 2 aliphatic rings. The number of likely N-dealkylation sites (tertiary alicyclic amines) is 1. The lowest BCUT2D eigenvalue weighted by Crippen LogP contribution is -2.42. The summed E-state index contributed by atoms with van der Waals surface area (Å²) in [6, 6.07) is 8.15. The maximum Gasteiger partial charge on any atom is 0.238 e. The average molecular weight is 337 g/mol. The topological polar surface area (TPSA) is 45.2 Å². The van der Waals surface area contributed by atoms with Crippen molar-refractivity contribution in [2.75, 3.05) is 25.0 Å². The van der Waals surface area contributed by atoms with Crippen LogP contribution in [0, 0.1) is 11.8 Å². The molecule has 1 aromatic carbocycles. The van der Waals surface area contributed by atoms with E-state index in [4.69, 9.17) is 4.98 Å². The number of carbonyl (C=O) groups is 1. The average Bonchev–Trinajstić information content (AvgIpc) is 3.02. The highest BCUT2D eigenvalue weighted by Crippen LogP contribution is 2.34. The summed E-state index contributed by atoms with van der Waals surface area (Å²) in [5, 5.41) is 4.31. The van der Waals surface area contributed by atoms with Gasteiger partial charge in [-0.15, -0.1) is 0 Å². The molecule has 1 fully saturated rings. The van der Waals surface area contributed by atoms with Gasteiger partial charge in [-0.3, -0.25) is 14.7 Å². The summed E-state index contributed by atoms with van der Waals surface area (Å²) in [5.74, 6) is 1.44. The van der Waals surface area contributed by atoms with Crippen LogP contribution in [-0.4, -0.2) is 35.4 Å². The van der Waals surface area contributed by atoms with E-state index in [-0.39, 0.29) is 5.91 Å². The molecule has 25 heavy (non-hydrogen) atoms. The Morgan fingerprint density at radius 3 is 2.76 bits per heavy atom. The number of carbonyl (C=O) groups excluding carboxylic acids is 1.